The Kier molecular flexibility index (Phi) is 2.76. The van der Waals surface area contributed by atoms with Crippen LogP contribution >= 0.6 is 0 Å². The van der Waals surface area contributed by atoms with Crippen molar-refractivity contribution in [2.45, 2.75) is 4.90 Å². The van der Waals surface area contributed by atoms with Gasteiger partial charge in [-0.1, -0.05) is 0 Å². The van der Waals surface area contributed by atoms with E-state index in [4.69, 9.17) is 5.73 Å². The van der Waals surface area contributed by atoms with Gasteiger partial charge in [0.25, 0.3) is 0 Å². The Hall–Kier alpha value is -1.56. The number of carbonyl (C=O) groups is 1. The average molecular weight is 213 g/mol. The lowest BCUT2D eigenvalue weighted by Gasteiger charge is -2.01. The molecule has 0 unspecified atom stereocenters. The molecule has 5 nitrogen and oxygen atoms in total. The van der Waals surface area contributed by atoms with Gasteiger partial charge >= 0.3 is 6.03 Å². The molecule has 75 valence electrons. The van der Waals surface area contributed by atoms with Crippen LogP contribution in [0.15, 0.2) is 29.2 Å². The third-order valence-electron chi connectivity index (χ3n) is 1.54. The van der Waals surface area contributed by atoms with Crippen LogP contribution in [0.1, 0.15) is 0 Å². The molecule has 0 saturated carbocycles. The Morgan fingerprint density at radius 3 is 2.14 bits per heavy atom. The van der Waals surface area contributed by atoms with Gasteiger partial charge in [-0.05, 0) is 24.3 Å². The fraction of sp³-hybridized carbons (Fsp3) is 0.125. The first-order chi connectivity index (χ1) is 6.39. The molecule has 14 heavy (non-hydrogen) atoms. The molecule has 6 heteroatoms. The first kappa shape index (κ1) is 10.5. The lowest BCUT2D eigenvalue weighted by molar-refractivity contribution is 0.258. The van der Waals surface area contributed by atoms with Crippen molar-refractivity contribution in [2.24, 2.45) is 0 Å². The molecule has 2 amide bonds. The van der Waals surface area contributed by atoms with E-state index in [0.717, 1.165) is 6.26 Å². The summed E-state index contributed by atoms with van der Waals surface area (Å²) < 4.78 is 22.1. The van der Waals surface area contributed by atoms with Gasteiger partial charge in [-0.15, -0.1) is 0 Å². The summed E-state index contributed by atoms with van der Waals surface area (Å²) in [6, 6.07) is 4.68. The maximum absolute atomic E-state index is 11.0. The predicted molar refractivity (Wildman–Crippen MR) is 51.7 cm³/mol. The number of urea groups is 1. The van der Waals surface area contributed by atoms with Crippen LogP contribution in [-0.2, 0) is 9.84 Å². The Balaban J connectivity index is 2.95. The standard InChI is InChI=1S/C8H9N2O3S/c1-14(12,13)7-4-2-6(3-5-7)10-8(9)11/h2-5,9H,1H3,(H,10,11). The maximum atomic E-state index is 11.0. The number of amides is 2. The number of benzene rings is 1. The van der Waals surface area contributed by atoms with Crippen molar-refractivity contribution in [3.63, 3.8) is 0 Å². The summed E-state index contributed by atoms with van der Waals surface area (Å²) in [4.78, 5) is 10.5. The van der Waals surface area contributed by atoms with Gasteiger partial charge in [0.2, 0.25) is 0 Å². The first-order valence-electron chi connectivity index (χ1n) is 3.72. The van der Waals surface area contributed by atoms with Crippen LogP contribution in [0.25, 0.3) is 0 Å². The second kappa shape index (κ2) is 3.67. The van der Waals surface area contributed by atoms with Crippen LogP contribution in [0.4, 0.5) is 10.5 Å². The zero-order valence-electron chi connectivity index (χ0n) is 7.44. The number of hydrogen-bond acceptors (Lipinski definition) is 3. The number of hydrogen-bond donors (Lipinski definition) is 1. The fourth-order valence-corrected chi connectivity index (χ4v) is 1.55. The molecule has 0 aliphatic carbocycles. The van der Waals surface area contributed by atoms with Gasteiger partial charge in [-0.3, -0.25) is 0 Å². The Bertz CT molecular complexity index is 436. The summed E-state index contributed by atoms with van der Waals surface area (Å²) >= 11 is 0. The summed E-state index contributed by atoms with van der Waals surface area (Å²) in [5.41, 5.74) is 7.02. The van der Waals surface area contributed by atoms with Crippen LogP contribution in [0.2, 0.25) is 0 Å². The van der Waals surface area contributed by atoms with Crippen molar-refractivity contribution >= 4 is 21.6 Å². The molecule has 0 spiro atoms. The Morgan fingerprint density at radius 1 is 1.29 bits per heavy atom. The summed E-state index contributed by atoms with van der Waals surface area (Å²) in [6.45, 7) is 0. The molecule has 0 aromatic heterocycles. The summed E-state index contributed by atoms with van der Waals surface area (Å²) in [5, 5.41) is 2.22. The third-order valence-corrected chi connectivity index (χ3v) is 2.67. The largest absolute Gasteiger partial charge is 0.337 e. The molecule has 0 heterocycles. The molecule has 1 aromatic carbocycles. The van der Waals surface area contributed by atoms with Gasteiger partial charge in [0, 0.05) is 11.9 Å². The molecule has 0 fully saturated rings. The van der Waals surface area contributed by atoms with Gasteiger partial charge < -0.3 is 5.32 Å². The minimum Gasteiger partial charge on any atom is -0.307 e. The quantitative estimate of drug-likeness (QED) is 0.791. The lowest BCUT2D eigenvalue weighted by atomic mass is 10.3. The summed E-state index contributed by atoms with van der Waals surface area (Å²) in [5.74, 6) is 0. The lowest BCUT2D eigenvalue weighted by Crippen LogP contribution is -2.09. The van der Waals surface area contributed by atoms with Gasteiger partial charge in [0.15, 0.2) is 9.84 Å². The van der Waals surface area contributed by atoms with E-state index in [1.807, 2.05) is 0 Å². The molecule has 1 rings (SSSR count). The molecule has 1 aromatic rings. The van der Waals surface area contributed by atoms with Crippen molar-refractivity contribution in [3.05, 3.63) is 24.3 Å². The van der Waals surface area contributed by atoms with E-state index < -0.39 is 15.9 Å². The van der Waals surface area contributed by atoms with Crippen molar-refractivity contribution in [1.29, 1.82) is 0 Å². The molecular weight excluding hydrogens is 204 g/mol. The number of sulfone groups is 1. The molecule has 0 aliphatic rings. The zero-order valence-corrected chi connectivity index (χ0v) is 8.26. The highest BCUT2D eigenvalue weighted by Gasteiger charge is 2.06. The van der Waals surface area contributed by atoms with E-state index in [1.54, 1.807) is 0 Å². The maximum Gasteiger partial charge on any atom is 0.337 e. The van der Waals surface area contributed by atoms with Crippen molar-refractivity contribution in [1.82, 2.24) is 5.73 Å². The van der Waals surface area contributed by atoms with Gasteiger partial charge in [0.05, 0.1) is 4.90 Å². The van der Waals surface area contributed by atoms with Crippen molar-refractivity contribution in [2.75, 3.05) is 11.6 Å². The van der Waals surface area contributed by atoms with E-state index >= 15 is 0 Å². The smallest absolute Gasteiger partial charge is 0.307 e. The van der Waals surface area contributed by atoms with Gasteiger partial charge in [-0.25, -0.2) is 18.9 Å². The summed E-state index contributed by atoms with van der Waals surface area (Å²) in [6.07, 6.45) is 1.10. The second-order valence-corrected chi connectivity index (χ2v) is 4.77. The van der Waals surface area contributed by atoms with Crippen molar-refractivity contribution in [3.8, 4) is 0 Å². The van der Waals surface area contributed by atoms with Crippen molar-refractivity contribution < 1.29 is 13.2 Å². The normalized spacial score (nSPS) is 10.9. The molecule has 0 saturated heterocycles. The Labute approximate surface area is 81.8 Å². The summed E-state index contributed by atoms with van der Waals surface area (Å²) in [7, 11) is -3.21. The van der Waals surface area contributed by atoms with Crippen LogP contribution in [0, 0.1) is 0 Å². The zero-order chi connectivity index (χ0) is 10.8. The first-order valence-corrected chi connectivity index (χ1v) is 5.61. The second-order valence-electron chi connectivity index (χ2n) is 2.75. The number of carbonyl (C=O) groups excluding carboxylic acids is 1. The minimum atomic E-state index is -3.21. The fourth-order valence-electron chi connectivity index (χ4n) is 0.917. The number of nitrogens with one attached hydrogen (secondary N) is 2. The van der Waals surface area contributed by atoms with E-state index in [9.17, 15) is 13.2 Å². The van der Waals surface area contributed by atoms with Crippen LogP contribution in [-0.4, -0.2) is 20.7 Å². The van der Waals surface area contributed by atoms with Gasteiger partial charge in [-0.2, -0.15) is 0 Å². The molecule has 0 atom stereocenters. The topological polar surface area (TPSA) is 87.0 Å². The van der Waals surface area contributed by atoms with Crippen LogP contribution in [0.5, 0.6) is 0 Å². The highest BCUT2D eigenvalue weighted by Crippen LogP contribution is 2.13. The minimum absolute atomic E-state index is 0.181. The number of rotatable bonds is 2. The number of anilines is 1. The third kappa shape index (κ3) is 2.74. The highest BCUT2D eigenvalue weighted by atomic mass is 32.2. The molecule has 0 aliphatic heterocycles. The van der Waals surface area contributed by atoms with E-state index in [-0.39, 0.29) is 4.90 Å². The van der Waals surface area contributed by atoms with Gasteiger partial charge in [0.1, 0.15) is 0 Å². The molecule has 0 bridgehead atoms. The van der Waals surface area contributed by atoms with E-state index in [0.29, 0.717) is 5.69 Å². The highest BCUT2D eigenvalue weighted by molar-refractivity contribution is 7.90. The van der Waals surface area contributed by atoms with E-state index in [1.165, 1.54) is 24.3 Å². The van der Waals surface area contributed by atoms with E-state index in [2.05, 4.69) is 5.32 Å². The van der Waals surface area contributed by atoms with Crippen LogP contribution < -0.4 is 11.1 Å². The predicted octanol–water partition coefficient (Wildman–Crippen LogP) is 0.905. The molecule has 1 radical (unpaired) electrons. The average Bonchev–Trinajstić information content (AvgIpc) is 2.02. The molecular formula is C8H9N2O3S. The Morgan fingerprint density at radius 2 is 1.79 bits per heavy atom. The monoisotopic (exact) mass is 213 g/mol. The van der Waals surface area contributed by atoms with Crippen LogP contribution in [0.3, 0.4) is 0 Å². The molecule has 2 N–H and O–H groups in total. The SMILES string of the molecule is CS(=O)(=O)c1ccc(NC([NH])=O)cc1.